The molecule has 2 aromatic rings. The molecule has 0 aliphatic rings. The van der Waals surface area contributed by atoms with Crippen LogP contribution in [-0.2, 0) is 0 Å². The molecule has 0 aliphatic carbocycles. The number of hydrogen-bond acceptors (Lipinski definition) is 2. The number of pyridine rings is 1. The van der Waals surface area contributed by atoms with E-state index in [9.17, 15) is 9.18 Å². The van der Waals surface area contributed by atoms with E-state index in [4.69, 9.17) is 5.73 Å². The molecular weight excluding hydrogens is 243 g/mol. The fraction of sp³-hybridized carbons (Fsp3) is 0.200. The zero-order chi connectivity index (χ0) is 14.4. The molecule has 2 rings (SSSR count). The van der Waals surface area contributed by atoms with Crippen molar-refractivity contribution in [1.82, 2.24) is 4.98 Å². The minimum absolute atomic E-state index is 0.128. The molecule has 2 N–H and O–H groups in total. The first-order valence-corrected chi connectivity index (χ1v) is 6.11. The molecule has 0 fully saturated rings. The van der Waals surface area contributed by atoms with Gasteiger partial charge in [0.15, 0.2) is 0 Å². The highest BCUT2D eigenvalue weighted by Gasteiger charge is 2.09. The van der Waals surface area contributed by atoms with Gasteiger partial charge < -0.3 is 5.73 Å². The van der Waals surface area contributed by atoms with E-state index in [1.54, 1.807) is 31.2 Å². The van der Waals surface area contributed by atoms with E-state index in [2.05, 4.69) is 4.98 Å². The summed E-state index contributed by atoms with van der Waals surface area (Å²) in [5.74, 6) is -0.922. The molecule has 1 amide bonds. The van der Waals surface area contributed by atoms with Gasteiger partial charge in [0.05, 0.1) is 0 Å². The van der Waals surface area contributed by atoms with Crippen LogP contribution >= 0.6 is 0 Å². The number of halogens is 1. The molecule has 0 bridgehead atoms. The summed E-state index contributed by atoms with van der Waals surface area (Å²) in [6.07, 6.45) is 1.44. The lowest BCUT2D eigenvalue weighted by Gasteiger charge is -2.06. The molecule has 0 radical (unpaired) electrons. The third kappa shape index (κ3) is 3.37. The molecular formula is C15H17FN2O. The fourth-order valence-electron chi connectivity index (χ4n) is 1.60. The Morgan fingerprint density at radius 3 is 2.58 bits per heavy atom. The molecule has 1 aromatic carbocycles. The predicted molar refractivity (Wildman–Crippen MR) is 74.2 cm³/mol. The SMILES string of the molecule is CC.Cc1cccc(-c2ccnc(C(N)=O)c2)c1F. The standard InChI is InChI=1S/C13H11FN2O.C2H6/c1-8-3-2-4-10(12(8)14)9-5-6-16-11(7-9)13(15)17;1-2/h2-7H,1H3,(H2,15,17);1-2H3. The average Bonchev–Trinajstić information content (AvgIpc) is 2.44. The Hall–Kier alpha value is -2.23. The number of aromatic nitrogens is 1. The fourth-order valence-corrected chi connectivity index (χ4v) is 1.60. The quantitative estimate of drug-likeness (QED) is 0.900. The van der Waals surface area contributed by atoms with E-state index < -0.39 is 5.91 Å². The van der Waals surface area contributed by atoms with E-state index in [1.807, 2.05) is 13.8 Å². The summed E-state index contributed by atoms with van der Waals surface area (Å²) in [5.41, 5.74) is 6.85. The lowest BCUT2D eigenvalue weighted by Crippen LogP contribution is -2.12. The minimum atomic E-state index is -0.625. The van der Waals surface area contributed by atoms with Crippen molar-refractivity contribution in [3.05, 3.63) is 53.6 Å². The maximum Gasteiger partial charge on any atom is 0.267 e. The van der Waals surface area contributed by atoms with Crippen LogP contribution in [0, 0.1) is 12.7 Å². The van der Waals surface area contributed by atoms with E-state index in [1.165, 1.54) is 12.3 Å². The van der Waals surface area contributed by atoms with Crippen molar-refractivity contribution in [2.75, 3.05) is 0 Å². The summed E-state index contributed by atoms with van der Waals surface area (Å²) in [6.45, 7) is 5.69. The van der Waals surface area contributed by atoms with Crippen molar-refractivity contribution in [3.8, 4) is 11.1 Å². The Morgan fingerprint density at radius 1 is 1.26 bits per heavy atom. The first kappa shape index (κ1) is 14.8. The van der Waals surface area contributed by atoms with Crippen LogP contribution in [-0.4, -0.2) is 10.9 Å². The number of carbonyl (C=O) groups is 1. The Balaban J connectivity index is 0.000000861. The summed E-state index contributed by atoms with van der Waals surface area (Å²) < 4.78 is 13.9. The maximum absolute atomic E-state index is 13.9. The number of primary amides is 1. The van der Waals surface area contributed by atoms with Gasteiger partial charge in [-0.25, -0.2) is 4.39 Å². The van der Waals surface area contributed by atoms with Gasteiger partial charge in [-0.2, -0.15) is 0 Å². The zero-order valence-electron chi connectivity index (χ0n) is 11.3. The molecule has 3 nitrogen and oxygen atoms in total. The number of nitrogens with two attached hydrogens (primary N) is 1. The van der Waals surface area contributed by atoms with Gasteiger partial charge in [0.2, 0.25) is 0 Å². The largest absolute Gasteiger partial charge is 0.364 e. The molecule has 0 spiro atoms. The molecule has 1 heterocycles. The Labute approximate surface area is 112 Å². The van der Waals surface area contributed by atoms with Crippen LogP contribution in [0.1, 0.15) is 29.9 Å². The van der Waals surface area contributed by atoms with Crippen molar-refractivity contribution >= 4 is 5.91 Å². The van der Waals surface area contributed by atoms with E-state index in [-0.39, 0.29) is 11.5 Å². The predicted octanol–water partition coefficient (Wildman–Crippen LogP) is 3.32. The lowest BCUT2D eigenvalue weighted by molar-refractivity contribution is 0.0995. The van der Waals surface area contributed by atoms with Crippen LogP contribution in [0.25, 0.3) is 11.1 Å². The molecule has 19 heavy (non-hydrogen) atoms. The van der Waals surface area contributed by atoms with Gasteiger partial charge in [0.1, 0.15) is 11.5 Å². The Morgan fingerprint density at radius 2 is 1.95 bits per heavy atom. The Bertz CT molecular complexity index is 582. The van der Waals surface area contributed by atoms with Crippen LogP contribution in [0.2, 0.25) is 0 Å². The smallest absolute Gasteiger partial charge is 0.267 e. The average molecular weight is 260 g/mol. The molecule has 0 saturated heterocycles. The number of hydrogen-bond donors (Lipinski definition) is 1. The first-order valence-electron chi connectivity index (χ1n) is 6.11. The molecule has 0 saturated carbocycles. The normalized spacial score (nSPS) is 9.47. The van der Waals surface area contributed by atoms with Crippen LogP contribution in [0.15, 0.2) is 36.5 Å². The third-order valence-corrected chi connectivity index (χ3v) is 2.52. The van der Waals surface area contributed by atoms with E-state index in [0.717, 1.165) is 0 Å². The zero-order valence-corrected chi connectivity index (χ0v) is 11.3. The monoisotopic (exact) mass is 260 g/mol. The maximum atomic E-state index is 13.9. The summed E-state index contributed by atoms with van der Waals surface area (Å²) in [7, 11) is 0. The van der Waals surface area contributed by atoms with Gasteiger partial charge in [-0.1, -0.05) is 32.0 Å². The van der Waals surface area contributed by atoms with E-state index in [0.29, 0.717) is 16.7 Å². The van der Waals surface area contributed by atoms with E-state index >= 15 is 0 Å². The molecule has 0 aliphatic heterocycles. The van der Waals surface area contributed by atoms with Crippen LogP contribution in [0.3, 0.4) is 0 Å². The minimum Gasteiger partial charge on any atom is -0.364 e. The van der Waals surface area contributed by atoms with Crippen LogP contribution in [0.4, 0.5) is 4.39 Å². The second kappa shape index (κ2) is 6.64. The Kier molecular flexibility index (Phi) is 5.18. The summed E-state index contributed by atoms with van der Waals surface area (Å²) in [6, 6.07) is 8.24. The summed E-state index contributed by atoms with van der Waals surface area (Å²) in [4.78, 5) is 14.8. The van der Waals surface area contributed by atoms with Crippen molar-refractivity contribution in [3.63, 3.8) is 0 Å². The molecule has 1 aromatic heterocycles. The summed E-state index contributed by atoms with van der Waals surface area (Å²) in [5, 5.41) is 0. The molecule has 0 unspecified atom stereocenters. The number of carbonyl (C=O) groups excluding carboxylic acids is 1. The highest BCUT2D eigenvalue weighted by Crippen LogP contribution is 2.24. The molecule has 100 valence electrons. The third-order valence-electron chi connectivity index (χ3n) is 2.52. The number of amides is 1. The lowest BCUT2D eigenvalue weighted by atomic mass is 10.0. The molecule has 4 heteroatoms. The second-order valence-electron chi connectivity index (χ2n) is 3.73. The highest BCUT2D eigenvalue weighted by atomic mass is 19.1. The number of rotatable bonds is 2. The first-order chi connectivity index (χ1) is 9.09. The summed E-state index contributed by atoms with van der Waals surface area (Å²) >= 11 is 0. The van der Waals surface area contributed by atoms with Gasteiger partial charge in [0.25, 0.3) is 5.91 Å². The van der Waals surface area contributed by atoms with Gasteiger partial charge >= 0.3 is 0 Å². The highest BCUT2D eigenvalue weighted by molar-refractivity contribution is 5.92. The van der Waals surface area contributed by atoms with Crippen molar-refractivity contribution in [2.45, 2.75) is 20.8 Å². The second-order valence-corrected chi connectivity index (χ2v) is 3.73. The van der Waals surface area contributed by atoms with Gasteiger partial charge in [0, 0.05) is 11.8 Å². The number of aryl methyl sites for hydroxylation is 1. The van der Waals surface area contributed by atoms with Crippen LogP contribution in [0.5, 0.6) is 0 Å². The van der Waals surface area contributed by atoms with Gasteiger partial charge in [-0.15, -0.1) is 0 Å². The van der Waals surface area contributed by atoms with Crippen molar-refractivity contribution in [2.24, 2.45) is 5.73 Å². The number of nitrogens with zero attached hydrogens (tertiary/aromatic N) is 1. The van der Waals surface area contributed by atoms with Crippen molar-refractivity contribution < 1.29 is 9.18 Å². The van der Waals surface area contributed by atoms with Gasteiger partial charge in [-0.3, -0.25) is 9.78 Å². The van der Waals surface area contributed by atoms with Gasteiger partial charge in [-0.05, 0) is 30.2 Å². The van der Waals surface area contributed by atoms with Crippen LogP contribution < -0.4 is 5.73 Å². The number of benzene rings is 1. The molecule has 0 atom stereocenters. The van der Waals surface area contributed by atoms with Crippen molar-refractivity contribution in [1.29, 1.82) is 0 Å². The topological polar surface area (TPSA) is 56.0 Å².